The smallest absolute Gasteiger partial charge is 0.251 e. The van der Waals surface area contributed by atoms with E-state index in [1.54, 1.807) is 0 Å². The van der Waals surface area contributed by atoms with E-state index in [1.165, 1.54) is 23.3 Å². The molecule has 0 saturated carbocycles. The van der Waals surface area contributed by atoms with Crippen LogP contribution in [0.1, 0.15) is 29.7 Å². The van der Waals surface area contributed by atoms with Crippen molar-refractivity contribution in [3.8, 4) is 5.88 Å². The second-order valence-electron chi connectivity index (χ2n) is 5.82. The second kappa shape index (κ2) is 8.72. The van der Waals surface area contributed by atoms with Gasteiger partial charge in [0.15, 0.2) is 5.88 Å². The van der Waals surface area contributed by atoms with Crippen molar-refractivity contribution in [2.75, 3.05) is 6.54 Å². The van der Waals surface area contributed by atoms with Crippen LogP contribution in [-0.2, 0) is 6.42 Å². The average Bonchev–Trinajstić information content (AvgIpc) is 2.46. The molecule has 1 heterocycles. The van der Waals surface area contributed by atoms with E-state index in [2.05, 4.69) is 43.1 Å². The number of quaternary nitrogens is 1. The minimum Gasteiger partial charge on any atom is -1.00 e. The SMILES string of the molecule is Cc1ccc(CC(C)[NH2+]CC(O)c2cc(O)[nH]c(=O)c2)cc1.[Cl-]. The summed E-state index contributed by atoms with van der Waals surface area (Å²) in [6, 6.07) is 11.4. The number of pyridine rings is 1. The first-order chi connectivity index (χ1) is 10.4. The van der Waals surface area contributed by atoms with Crippen LogP contribution in [0.3, 0.4) is 0 Å². The molecule has 0 spiro atoms. The van der Waals surface area contributed by atoms with Crippen LogP contribution in [0.2, 0.25) is 0 Å². The van der Waals surface area contributed by atoms with Gasteiger partial charge in [0, 0.05) is 18.6 Å². The Hall–Kier alpha value is -1.82. The van der Waals surface area contributed by atoms with Crippen LogP contribution in [0.5, 0.6) is 5.88 Å². The summed E-state index contributed by atoms with van der Waals surface area (Å²) in [4.78, 5) is 13.5. The van der Waals surface area contributed by atoms with Gasteiger partial charge in [-0.3, -0.25) is 9.78 Å². The van der Waals surface area contributed by atoms with E-state index in [0.717, 1.165) is 6.42 Å². The molecule has 1 aromatic carbocycles. The maximum Gasteiger partial charge on any atom is 0.251 e. The first kappa shape index (κ1) is 19.2. The normalized spacial score (nSPS) is 13.2. The van der Waals surface area contributed by atoms with Crippen LogP contribution in [0, 0.1) is 6.92 Å². The van der Waals surface area contributed by atoms with Gasteiger partial charge in [-0.1, -0.05) is 29.8 Å². The molecule has 2 aromatic rings. The van der Waals surface area contributed by atoms with Crippen molar-refractivity contribution in [3.63, 3.8) is 0 Å². The molecule has 126 valence electrons. The fourth-order valence-electron chi connectivity index (χ4n) is 2.42. The third-order valence-corrected chi connectivity index (χ3v) is 3.68. The number of halogens is 1. The molecule has 5 N–H and O–H groups in total. The first-order valence-corrected chi connectivity index (χ1v) is 7.44. The van der Waals surface area contributed by atoms with Gasteiger partial charge in [0.25, 0.3) is 5.56 Å². The molecule has 0 bridgehead atoms. The highest BCUT2D eigenvalue weighted by atomic mass is 35.5. The maximum absolute atomic E-state index is 11.3. The predicted molar refractivity (Wildman–Crippen MR) is 84.8 cm³/mol. The molecule has 0 aliphatic rings. The minimum absolute atomic E-state index is 0. The summed E-state index contributed by atoms with van der Waals surface area (Å²) in [5.41, 5.74) is 2.52. The number of benzene rings is 1. The molecule has 5 nitrogen and oxygen atoms in total. The number of aromatic amines is 1. The zero-order chi connectivity index (χ0) is 16.1. The summed E-state index contributed by atoms with van der Waals surface area (Å²) in [6.07, 6.45) is 0.127. The molecular formula is C17H23ClN2O3. The fraction of sp³-hybridized carbons (Fsp3) is 0.353. The number of hydrogen-bond donors (Lipinski definition) is 4. The number of aryl methyl sites for hydroxylation is 1. The third kappa shape index (κ3) is 6.06. The van der Waals surface area contributed by atoms with Crippen molar-refractivity contribution in [2.24, 2.45) is 0 Å². The predicted octanol–water partition coefficient (Wildman–Crippen LogP) is -2.38. The molecule has 0 fully saturated rings. The van der Waals surface area contributed by atoms with Gasteiger partial charge < -0.3 is 27.9 Å². The Morgan fingerprint density at radius 3 is 2.48 bits per heavy atom. The number of rotatable bonds is 6. The van der Waals surface area contributed by atoms with Gasteiger partial charge in [-0.15, -0.1) is 0 Å². The zero-order valence-corrected chi connectivity index (χ0v) is 14.0. The Morgan fingerprint density at radius 2 is 1.87 bits per heavy atom. The van der Waals surface area contributed by atoms with Crippen LogP contribution >= 0.6 is 0 Å². The van der Waals surface area contributed by atoms with Crippen molar-refractivity contribution < 1.29 is 27.9 Å². The summed E-state index contributed by atoms with van der Waals surface area (Å²) in [7, 11) is 0. The van der Waals surface area contributed by atoms with Crippen molar-refractivity contribution in [3.05, 3.63) is 63.4 Å². The lowest BCUT2D eigenvalue weighted by molar-refractivity contribution is -0.692. The summed E-state index contributed by atoms with van der Waals surface area (Å²) in [6.45, 7) is 4.60. The Kier molecular flexibility index (Phi) is 7.29. The molecule has 1 aromatic heterocycles. The fourth-order valence-corrected chi connectivity index (χ4v) is 2.42. The van der Waals surface area contributed by atoms with Crippen LogP contribution in [-0.4, -0.2) is 27.8 Å². The van der Waals surface area contributed by atoms with E-state index in [9.17, 15) is 15.0 Å². The molecule has 23 heavy (non-hydrogen) atoms. The number of aliphatic hydroxyl groups excluding tert-OH is 1. The van der Waals surface area contributed by atoms with Gasteiger partial charge >= 0.3 is 0 Å². The van der Waals surface area contributed by atoms with Crippen molar-refractivity contribution in [2.45, 2.75) is 32.4 Å². The molecule has 0 amide bonds. The standard InChI is InChI=1S/C17H22N2O3.ClH/c1-11-3-5-13(6-4-11)7-12(2)18-10-15(20)14-8-16(21)19-17(22)9-14;/h3-6,8-9,12,15,18,20H,7,10H2,1-2H3,(H2,19,21,22);1H. The Balaban J connectivity index is 0.00000264. The number of hydrogen-bond acceptors (Lipinski definition) is 3. The maximum atomic E-state index is 11.3. The van der Waals surface area contributed by atoms with Crippen LogP contribution < -0.4 is 23.3 Å². The number of aromatic hydroxyl groups is 1. The molecule has 6 heteroatoms. The van der Waals surface area contributed by atoms with E-state index in [-0.39, 0.29) is 18.3 Å². The molecule has 0 radical (unpaired) electrons. The first-order valence-electron chi connectivity index (χ1n) is 7.44. The van der Waals surface area contributed by atoms with Crippen molar-refractivity contribution in [1.29, 1.82) is 0 Å². The molecular weight excluding hydrogens is 316 g/mol. The largest absolute Gasteiger partial charge is 1.00 e. The van der Waals surface area contributed by atoms with Crippen molar-refractivity contribution in [1.82, 2.24) is 4.98 Å². The number of nitrogens with one attached hydrogen (secondary N) is 1. The van der Waals surface area contributed by atoms with Crippen LogP contribution in [0.15, 0.2) is 41.2 Å². The summed E-state index contributed by atoms with van der Waals surface area (Å²) >= 11 is 0. The second-order valence-corrected chi connectivity index (χ2v) is 5.82. The van der Waals surface area contributed by atoms with Gasteiger partial charge in [0.05, 0.1) is 6.04 Å². The van der Waals surface area contributed by atoms with Gasteiger partial charge in [0.1, 0.15) is 12.6 Å². The van der Waals surface area contributed by atoms with Gasteiger partial charge in [-0.2, -0.15) is 0 Å². The molecule has 0 aliphatic heterocycles. The summed E-state index contributed by atoms with van der Waals surface area (Å²) < 4.78 is 0. The zero-order valence-electron chi connectivity index (χ0n) is 13.3. The molecule has 2 rings (SSSR count). The number of H-pyrrole nitrogens is 1. The topological polar surface area (TPSA) is 89.9 Å². The minimum atomic E-state index is -0.784. The lowest BCUT2D eigenvalue weighted by atomic mass is 10.0. The van der Waals surface area contributed by atoms with E-state index >= 15 is 0 Å². The molecule has 0 saturated heterocycles. The van der Waals surface area contributed by atoms with E-state index in [0.29, 0.717) is 18.2 Å². The Morgan fingerprint density at radius 1 is 1.22 bits per heavy atom. The number of nitrogens with two attached hydrogens (primary N) is 1. The lowest BCUT2D eigenvalue weighted by Gasteiger charge is -2.15. The Labute approximate surface area is 141 Å². The molecule has 2 atom stereocenters. The number of aromatic nitrogens is 1. The Bertz CT molecular complexity index is 670. The lowest BCUT2D eigenvalue weighted by Crippen LogP contribution is -3.00. The third-order valence-electron chi connectivity index (χ3n) is 3.68. The van der Waals surface area contributed by atoms with Crippen LogP contribution in [0.4, 0.5) is 0 Å². The van der Waals surface area contributed by atoms with Crippen LogP contribution in [0.25, 0.3) is 0 Å². The van der Waals surface area contributed by atoms with Gasteiger partial charge in [-0.25, -0.2) is 0 Å². The van der Waals surface area contributed by atoms with Gasteiger partial charge in [-0.05, 0) is 25.0 Å². The van der Waals surface area contributed by atoms with Crippen molar-refractivity contribution >= 4 is 0 Å². The summed E-state index contributed by atoms with van der Waals surface area (Å²) in [5.74, 6) is -0.228. The number of aliphatic hydroxyl groups is 1. The molecule has 2 unspecified atom stereocenters. The monoisotopic (exact) mass is 338 g/mol. The van der Waals surface area contributed by atoms with E-state index in [4.69, 9.17) is 0 Å². The highest BCUT2D eigenvalue weighted by Crippen LogP contribution is 2.12. The average molecular weight is 339 g/mol. The highest BCUT2D eigenvalue weighted by Gasteiger charge is 2.14. The van der Waals surface area contributed by atoms with Gasteiger partial charge in [0.2, 0.25) is 0 Å². The summed E-state index contributed by atoms with van der Waals surface area (Å²) in [5, 5.41) is 21.5. The molecule has 0 aliphatic carbocycles. The van der Waals surface area contributed by atoms with E-state index < -0.39 is 11.7 Å². The quantitative estimate of drug-likeness (QED) is 0.474. The highest BCUT2D eigenvalue weighted by molar-refractivity contribution is 5.22. The van der Waals surface area contributed by atoms with E-state index in [1.807, 2.05) is 5.32 Å².